The van der Waals surface area contributed by atoms with E-state index in [-0.39, 0.29) is 11.3 Å². The fourth-order valence-corrected chi connectivity index (χ4v) is 3.19. The summed E-state index contributed by atoms with van der Waals surface area (Å²) in [5, 5.41) is 11.9. The molecule has 0 saturated carbocycles. The van der Waals surface area contributed by atoms with E-state index in [0.29, 0.717) is 5.69 Å². The fraction of sp³-hybridized carbons (Fsp3) is 0.222. The van der Waals surface area contributed by atoms with Crippen LogP contribution in [0.3, 0.4) is 0 Å². The number of rotatable bonds is 5. The van der Waals surface area contributed by atoms with Crippen LogP contribution in [-0.2, 0) is 14.8 Å². The number of nitrogens with one attached hydrogen (secondary N) is 1. The largest absolute Gasteiger partial charge is 0.325 e. The highest BCUT2D eigenvalue weighted by molar-refractivity contribution is 7.92. The number of anilines is 2. The van der Waals surface area contributed by atoms with Gasteiger partial charge in [-0.15, -0.1) is 0 Å². The maximum Gasteiger partial charge on any atom is 0.245 e. The minimum Gasteiger partial charge on any atom is -0.325 e. The van der Waals surface area contributed by atoms with Gasteiger partial charge in [-0.2, -0.15) is 5.26 Å². The number of hydrogen-bond donors (Lipinski definition) is 1. The lowest BCUT2D eigenvalue weighted by atomic mass is 10.1. The Morgan fingerprint density at radius 3 is 2.44 bits per heavy atom. The molecule has 0 atom stereocenters. The van der Waals surface area contributed by atoms with Gasteiger partial charge in [0.2, 0.25) is 15.9 Å². The lowest BCUT2D eigenvalue weighted by Crippen LogP contribution is -2.37. The van der Waals surface area contributed by atoms with E-state index in [1.165, 1.54) is 12.1 Å². The first-order valence-electron chi connectivity index (χ1n) is 7.56. The van der Waals surface area contributed by atoms with Crippen molar-refractivity contribution in [1.29, 1.82) is 5.26 Å². The highest BCUT2D eigenvalue weighted by Crippen LogP contribution is 2.22. The SMILES string of the molecule is Cc1ccc(NC(=O)CN(c2ccccc2C#N)S(C)(=O)=O)cc1C. The normalized spacial score (nSPS) is 10.8. The third-order valence-electron chi connectivity index (χ3n) is 3.77. The molecule has 0 aliphatic heterocycles. The van der Waals surface area contributed by atoms with E-state index >= 15 is 0 Å². The summed E-state index contributed by atoms with van der Waals surface area (Å²) in [5.74, 6) is -0.485. The Hall–Kier alpha value is -2.85. The molecule has 0 bridgehead atoms. The Bertz CT molecular complexity index is 946. The van der Waals surface area contributed by atoms with Gasteiger partial charge in [0.25, 0.3) is 0 Å². The number of nitrogens with zero attached hydrogens (tertiary/aromatic N) is 2. The van der Waals surface area contributed by atoms with Crippen molar-refractivity contribution < 1.29 is 13.2 Å². The lowest BCUT2D eigenvalue weighted by molar-refractivity contribution is -0.114. The van der Waals surface area contributed by atoms with Crippen LogP contribution in [0.4, 0.5) is 11.4 Å². The summed E-state index contributed by atoms with van der Waals surface area (Å²) >= 11 is 0. The average Bonchev–Trinajstić information content (AvgIpc) is 2.55. The van der Waals surface area contributed by atoms with Crippen molar-refractivity contribution in [3.8, 4) is 6.07 Å². The summed E-state index contributed by atoms with van der Waals surface area (Å²) in [6.07, 6.45) is 1.00. The molecule has 2 aromatic rings. The van der Waals surface area contributed by atoms with Crippen LogP contribution in [0, 0.1) is 25.2 Å². The van der Waals surface area contributed by atoms with Gasteiger partial charge in [0.15, 0.2) is 0 Å². The van der Waals surface area contributed by atoms with Gasteiger partial charge in [-0.05, 0) is 49.2 Å². The quantitative estimate of drug-likeness (QED) is 0.890. The molecule has 0 saturated heterocycles. The maximum absolute atomic E-state index is 12.3. The van der Waals surface area contributed by atoms with Crippen molar-refractivity contribution >= 4 is 27.3 Å². The number of nitriles is 1. The van der Waals surface area contributed by atoms with E-state index in [1.807, 2.05) is 32.0 Å². The summed E-state index contributed by atoms with van der Waals surface area (Å²) in [6, 6.07) is 13.7. The van der Waals surface area contributed by atoms with Crippen molar-refractivity contribution in [3.63, 3.8) is 0 Å². The van der Waals surface area contributed by atoms with Gasteiger partial charge in [-0.25, -0.2) is 8.42 Å². The van der Waals surface area contributed by atoms with E-state index in [1.54, 1.807) is 18.2 Å². The zero-order valence-corrected chi connectivity index (χ0v) is 15.1. The number of aryl methyl sites for hydroxylation is 2. The lowest BCUT2D eigenvalue weighted by Gasteiger charge is -2.22. The number of amides is 1. The molecule has 0 fully saturated rings. The van der Waals surface area contributed by atoms with Crippen molar-refractivity contribution in [2.45, 2.75) is 13.8 Å². The summed E-state index contributed by atoms with van der Waals surface area (Å²) in [4.78, 5) is 12.3. The molecule has 0 aliphatic carbocycles. The van der Waals surface area contributed by atoms with E-state index < -0.39 is 22.5 Å². The molecule has 0 spiro atoms. The van der Waals surface area contributed by atoms with Gasteiger partial charge < -0.3 is 5.32 Å². The monoisotopic (exact) mass is 357 g/mol. The van der Waals surface area contributed by atoms with E-state index in [4.69, 9.17) is 0 Å². The maximum atomic E-state index is 12.3. The molecule has 0 heterocycles. The Balaban J connectivity index is 2.27. The van der Waals surface area contributed by atoms with Gasteiger partial charge in [-0.1, -0.05) is 18.2 Å². The molecular weight excluding hydrogens is 338 g/mol. The molecule has 130 valence electrons. The second kappa shape index (κ2) is 7.36. The second-order valence-corrected chi connectivity index (χ2v) is 7.65. The molecule has 7 heteroatoms. The molecule has 0 unspecified atom stereocenters. The van der Waals surface area contributed by atoms with Crippen LogP contribution >= 0.6 is 0 Å². The third-order valence-corrected chi connectivity index (χ3v) is 4.90. The first-order chi connectivity index (χ1) is 11.7. The van der Waals surface area contributed by atoms with Crippen LogP contribution < -0.4 is 9.62 Å². The van der Waals surface area contributed by atoms with Gasteiger partial charge in [0.1, 0.15) is 12.6 Å². The van der Waals surface area contributed by atoms with Crippen LogP contribution in [-0.4, -0.2) is 27.1 Å². The van der Waals surface area contributed by atoms with Crippen LogP contribution in [0.25, 0.3) is 0 Å². The number of hydrogen-bond acceptors (Lipinski definition) is 4. The molecule has 2 aromatic carbocycles. The minimum absolute atomic E-state index is 0.183. The number of benzene rings is 2. The van der Waals surface area contributed by atoms with E-state index in [9.17, 15) is 18.5 Å². The van der Waals surface area contributed by atoms with Crippen molar-refractivity contribution in [3.05, 3.63) is 59.2 Å². The van der Waals surface area contributed by atoms with Crippen LogP contribution in [0.15, 0.2) is 42.5 Å². The first-order valence-corrected chi connectivity index (χ1v) is 9.41. The standard InChI is InChI=1S/C18H19N3O3S/c1-13-8-9-16(10-14(13)2)20-18(22)12-21(25(3,23)24)17-7-5-4-6-15(17)11-19/h4-10H,12H2,1-3H3,(H,20,22). The van der Waals surface area contributed by atoms with Crippen LogP contribution in [0.5, 0.6) is 0 Å². The van der Waals surface area contributed by atoms with E-state index in [2.05, 4.69) is 5.32 Å². The van der Waals surface area contributed by atoms with Crippen LogP contribution in [0.1, 0.15) is 16.7 Å². The van der Waals surface area contributed by atoms with Crippen molar-refractivity contribution in [2.24, 2.45) is 0 Å². The van der Waals surface area contributed by atoms with Gasteiger partial charge in [0, 0.05) is 5.69 Å². The minimum atomic E-state index is -3.73. The highest BCUT2D eigenvalue weighted by atomic mass is 32.2. The van der Waals surface area contributed by atoms with Gasteiger partial charge >= 0.3 is 0 Å². The predicted molar refractivity (Wildman–Crippen MR) is 97.9 cm³/mol. The number of para-hydroxylation sites is 1. The smallest absolute Gasteiger partial charge is 0.245 e. The topological polar surface area (TPSA) is 90.3 Å². The van der Waals surface area contributed by atoms with Crippen molar-refractivity contribution in [1.82, 2.24) is 0 Å². The molecule has 0 aromatic heterocycles. The predicted octanol–water partition coefficient (Wildman–Crippen LogP) is 2.58. The fourth-order valence-electron chi connectivity index (χ4n) is 2.32. The number of carbonyl (C=O) groups excluding carboxylic acids is 1. The highest BCUT2D eigenvalue weighted by Gasteiger charge is 2.23. The Morgan fingerprint density at radius 2 is 1.84 bits per heavy atom. The van der Waals surface area contributed by atoms with Gasteiger partial charge in [0.05, 0.1) is 17.5 Å². The Morgan fingerprint density at radius 1 is 1.16 bits per heavy atom. The van der Waals surface area contributed by atoms with E-state index in [0.717, 1.165) is 21.7 Å². The van der Waals surface area contributed by atoms with Crippen molar-refractivity contribution in [2.75, 3.05) is 22.4 Å². The summed E-state index contributed by atoms with van der Waals surface area (Å²) in [6.45, 7) is 3.48. The summed E-state index contributed by atoms with van der Waals surface area (Å²) < 4.78 is 25.2. The van der Waals surface area contributed by atoms with Gasteiger partial charge in [-0.3, -0.25) is 9.10 Å². The Labute approximate surface area is 147 Å². The first kappa shape index (κ1) is 18.5. The molecule has 1 N–H and O–H groups in total. The average molecular weight is 357 g/mol. The zero-order valence-electron chi connectivity index (χ0n) is 14.3. The molecule has 0 radical (unpaired) electrons. The number of carbonyl (C=O) groups is 1. The molecule has 6 nitrogen and oxygen atoms in total. The molecule has 1 amide bonds. The molecular formula is C18H19N3O3S. The summed E-state index contributed by atoms with van der Waals surface area (Å²) in [5.41, 5.74) is 3.08. The molecule has 0 aliphatic rings. The van der Waals surface area contributed by atoms with Crippen LogP contribution in [0.2, 0.25) is 0 Å². The zero-order chi connectivity index (χ0) is 18.6. The number of sulfonamides is 1. The summed E-state index contributed by atoms with van der Waals surface area (Å²) in [7, 11) is -3.73. The third kappa shape index (κ3) is 4.58. The molecule has 2 rings (SSSR count). The second-order valence-electron chi connectivity index (χ2n) is 5.75. The Kier molecular flexibility index (Phi) is 5.45. The molecule has 25 heavy (non-hydrogen) atoms.